The number of carboxylic acids is 1. The third-order valence-corrected chi connectivity index (χ3v) is 5.72. The van der Waals surface area contributed by atoms with E-state index >= 15 is 0 Å². The van der Waals surface area contributed by atoms with Gasteiger partial charge in [0.15, 0.2) is 0 Å². The van der Waals surface area contributed by atoms with Crippen LogP contribution in [-0.2, 0) is 16.0 Å². The minimum Gasteiger partial charge on any atom is -0.481 e. The summed E-state index contributed by atoms with van der Waals surface area (Å²) in [7, 11) is 0. The van der Waals surface area contributed by atoms with Gasteiger partial charge >= 0.3 is 5.97 Å². The third-order valence-electron chi connectivity index (χ3n) is 4.54. The lowest BCUT2D eigenvalue weighted by molar-refractivity contribution is -0.142. The summed E-state index contributed by atoms with van der Waals surface area (Å²) < 4.78 is 3.12. The summed E-state index contributed by atoms with van der Waals surface area (Å²) in [6, 6.07) is 9.04. The normalized spacial score (nSPS) is 14.5. The Kier molecular flexibility index (Phi) is 11.9. The number of benzene rings is 1. The molecule has 1 aromatic rings. The van der Waals surface area contributed by atoms with Gasteiger partial charge in [-0.1, -0.05) is 75.9 Å². The Morgan fingerprint density at radius 3 is 2.46 bits per heavy atom. The molecule has 0 spiro atoms. The number of carboxylic acid groups (broad SMARTS) is 1. The predicted molar refractivity (Wildman–Crippen MR) is 116 cm³/mol. The number of hydrogen-bond donors (Lipinski definition) is 4. The minimum absolute atomic E-state index is 0.0326. The Morgan fingerprint density at radius 2 is 1.89 bits per heavy atom. The summed E-state index contributed by atoms with van der Waals surface area (Å²) in [5, 5.41) is 12.4. The molecule has 0 aliphatic carbocycles. The first-order chi connectivity index (χ1) is 13.3. The summed E-state index contributed by atoms with van der Waals surface area (Å²) in [6.07, 6.45) is 3.96. The van der Waals surface area contributed by atoms with Crippen LogP contribution in [0.5, 0.6) is 0 Å². The monoisotopic (exact) mass is 409 g/mol. The molecule has 0 fully saturated rings. The lowest BCUT2D eigenvalue weighted by Crippen LogP contribution is -2.44. The third kappa shape index (κ3) is 9.57. The summed E-state index contributed by atoms with van der Waals surface area (Å²) in [4.78, 5) is 23.9. The first kappa shape index (κ1) is 24.5. The van der Waals surface area contributed by atoms with Gasteiger partial charge in [0.05, 0.1) is 18.6 Å². The molecular formula is C21H35N3O3S. The van der Waals surface area contributed by atoms with E-state index in [4.69, 9.17) is 5.73 Å². The van der Waals surface area contributed by atoms with Crippen LogP contribution in [0.4, 0.5) is 0 Å². The molecule has 1 rings (SSSR count). The van der Waals surface area contributed by atoms with Crippen molar-refractivity contribution in [1.82, 2.24) is 10.0 Å². The number of carbonyl (C=O) groups excluding carboxylic acids is 1. The second-order valence-electron chi connectivity index (χ2n) is 7.53. The maximum atomic E-state index is 12.2. The van der Waals surface area contributed by atoms with Crippen molar-refractivity contribution < 1.29 is 14.7 Å². The van der Waals surface area contributed by atoms with Gasteiger partial charge in [0, 0.05) is 5.25 Å². The van der Waals surface area contributed by atoms with Gasteiger partial charge in [-0.25, -0.2) is 4.72 Å². The highest BCUT2D eigenvalue weighted by molar-refractivity contribution is 7.98. The van der Waals surface area contributed by atoms with Gasteiger partial charge in [0.2, 0.25) is 5.91 Å². The molecule has 1 amide bonds. The Labute approximate surface area is 173 Å². The van der Waals surface area contributed by atoms with Crippen molar-refractivity contribution in [2.45, 2.75) is 64.2 Å². The number of amides is 1. The average Bonchev–Trinajstić information content (AvgIpc) is 2.66. The Bertz CT molecular complexity index is 584. The number of hydrogen-bond acceptors (Lipinski definition) is 5. The minimum atomic E-state index is -0.752. The van der Waals surface area contributed by atoms with Crippen LogP contribution in [-0.4, -0.2) is 34.9 Å². The Balaban J connectivity index is 2.47. The molecule has 7 heteroatoms. The molecule has 0 saturated heterocycles. The molecular weight excluding hydrogens is 374 g/mol. The first-order valence-corrected chi connectivity index (χ1v) is 10.9. The van der Waals surface area contributed by atoms with Gasteiger partial charge in [-0.2, -0.15) is 0 Å². The first-order valence-electron chi connectivity index (χ1n) is 10.0. The van der Waals surface area contributed by atoms with Crippen LogP contribution in [0.3, 0.4) is 0 Å². The highest BCUT2D eigenvalue weighted by Gasteiger charge is 2.29. The molecule has 28 heavy (non-hydrogen) atoms. The average molecular weight is 410 g/mol. The SMILES string of the molecule is CCCCC(SNCNC(=O)C(N)Cc1ccccc1)C(CC(C)C)C(=O)O. The number of rotatable bonds is 14. The molecule has 6 nitrogen and oxygen atoms in total. The van der Waals surface area contributed by atoms with Crippen LogP contribution in [0.15, 0.2) is 30.3 Å². The van der Waals surface area contributed by atoms with E-state index < -0.39 is 17.9 Å². The van der Waals surface area contributed by atoms with Crippen molar-refractivity contribution in [2.24, 2.45) is 17.6 Å². The van der Waals surface area contributed by atoms with E-state index in [0.717, 1.165) is 24.8 Å². The molecule has 5 N–H and O–H groups in total. The van der Waals surface area contributed by atoms with E-state index in [1.165, 1.54) is 11.9 Å². The number of aliphatic carboxylic acids is 1. The summed E-state index contributed by atoms with van der Waals surface area (Å²) >= 11 is 1.41. The second-order valence-corrected chi connectivity index (χ2v) is 8.66. The summed E-state index contributed by atoms with van der Waals surface area (Å²) in [5.41, 5.74) is 6.99. The van der Waals surface area contributed by atoms with Crippen molar-refractivity contribution >= 4 is 23.8 Å². The van der Waals surface area contributed by atoms with Gasteiger partial charge in [-0.05, 0) is 30.7 Å². The zero-order valence-electron chi connectivity index (χ0n) is 17.2. The number of carbonyl (C=O) groups is 2. The Hall–Kier alpha value is -1.57. The van der Waals surface area contributed by atoms with Gasteiger partial charge < -0.3 is 16.2 Å². The van der Waals surface area contributed by atoms with Crippen LogP contribution >= 0.6 is 11.9 Å². The van der Waals surface area contributed by atoms with Crippen LogP contribution < -0.4 is 15.8 Å². The molecule has 3 atom stereocenters. The number of unbranched alkanes of at least 4 members (excludes halogenated alkanes) is 1. The van der Waals surface area contributed by atoms with Crippen LogP contribution in [0, 0.1) is 11.8 Å². The highest BCUT2D eigenvalue weighted by atomic mass is 32.2. The van der Waals surface area contributed by atoms with Gasteiger partial charge in [-0.15, -0.1) is 0 Å². The molecule has 0 bridgehead atoms. The van der Waals surface area contributed by atoms with E-state index in [1.807, 2.05) is 44.2 Å². The fourth-order valence-electron chi connectivity index (χ4n) is 3.03. The van der Waals surface area contributed by atoms with Crippen LogP contribution in [0.2, 0.25) is 0 Å². The molecule has 0 aromatic heterocycles. The molecule has 0 aliphatic rings. The van der Waals surface area contributed by atoms with E-state index in [-0.39, 0.29) is 17.8 Å². The van der Waals surface area contributed by atoms with Crippen molar-refractivity contribution in [1.29, 1.82) is 0 Å². The van der Waals surface area contributed by atoms with Crippen molar-refractivity contribution in [3.63, 3.8) is 0 Å². The summed E-state index contributed by atoms with van der Waals surface area (Å²) in [5.74, 6) is -1.06. The molecule has 0 saturated carbocycles. The molecule has 0 heterocycles. The fourth-order valence-corrected chi connectivity index (χ4v) is 4.08. The Morgan fingerprint density at radius 1 is 1.21 bits per heavy atom. The molecule has 3 unspecified atom stereocenters. The lowest BCUT2D eigenvalue weighted by atomic mass is 9.91. The number of nitrogens with one attached hydrogen (secondary N) is 2. The van der Waals surface area contributed by atoms with Gasteiger partial charge in [-0.3, -0.25) is 9.59 Å². The van der Waals surface area contributed by atoms with Crippen LogP contribution in [0.1, 0.15) is 52.0 Å². The van der Waals surface area contributed by atoms with Crippen molar-refractivity contribution in [3.05, 3.63) is 35.9 Å². The van der Waals surface area contributed by atoms with Crippen molar-refractivity contribution in [2.75, 3.05) is 6.67 Å². The maximum Gasteiger partial charge on any atom is 0.307 e. The lowest BCUT2D eigenvalue weighted by Gasteiger charge is -2.25. The zero-order valence-corrected chi connectivity index (χ0v) is 18.0. The van der Waals surface area contributed by atoms with E-state index in [2.05, 4.69) is 17.0 Å². The second kappa shape index (κ2) is 13.6. The van der Waals surface area contributed by atoms with E-state index in [1.54, 1.807) is 0 Å². The smallest absolute Gasteiger partial charge is 0.307 e. The highest BCUT2D eigenvalue weighted by Crippen LogP contribution is 2.28. The molecule has 1 aromatic carbocycles. The standard InChI is InChI=1S/C21H35N3O3S/c1-4-5-11-19(17(21(26)27)12-15(2)3)28-24-14-23-20(25)18(22)13-16-9-7-6-8-10-16/h6-10,15,17-19,24H,4-5,11-14,22H2,1-3H3,(H,23,25)(H,26,27). The largest absolute Gasteiger partial charge is 0.481 e. The fraction of sp³-hybridized carbons (Fsp3) is 0.619. The van der Waals surface area contributed by atoms with Crippen LogP contribution in [0.25, 0.3) is 0 Å². The van der Waals surface area contributed by atoms with Gasteiger partial charge in [0.1, 0.15) is 0 Å². The maximum absolute atomic E-state index is 12.2. The summed E-state index contributed by atoms with van der Waals surface area (Å²) in [6.45, 7) is 6.43. The van der Waals surface area contributed by atoms with E-state index in [9.17, 15) is 14.7 Å². The molecule has 158 valence electrons. The van der Waals surface area contributed by atoms with Crippen molar-refractivity contribution in [3.8, 4) is 0 Å². The van der Waals surface area contributed by atoms with Gasteiger partial charge in [0.25, 0.3) is 0 Å². The quantitative estimate of drug-likeness (QED) is 0.214. The topological polar surface area (TPSA) is 104 Å². The van der Waals surface area contributed by atoms with E-state index in [0.29, 0.717) is 18.8 Å². The number of nitrogens with two attached hydrogens (primary N) is 1. The predicted octanol–water partition coefficient (Wildman–Crippen LogP) is 3.17. The molecule has 0 aliphatic heterocycles. The molecule has 0 radical (unpaired) electrons. The zero-order chi connectivity index (χ0) is 20.9.